The van der Waals surface area contributed by atoms with Gasteiger partial charge < -0.3 is 5.32 Å². The number of benzene rings is 2. The van der Waals surface area contributed by atoms with Crippen LogP contribution in [0.5, 0.6) is 0 Å². The van der Waals surface area contributed by atoms with Gasteiger partial charge in [-0.2, -0.15) is 13.2 Å². The molecule has 150 valence electrons. The topological polar surface area (TPSA) is 54.9 Å². The van der Waals surface area contributed by atoms with Crippen molar-refractivity contribution in [2.75, 3.05) is 5.32 Å². The highest BCUT2D eigenvalue weighted by atomic mass is 35.5. The lowest BCUT2D eigenvalue weighted by Gasteiger charge is -2.17. The first-order chi connectivity index (χ1) is 13.7. The summed E-state index contributed by atoms with van der Waals surface area (Å²) in [4.78, 5) is 12.9. The van der Waals surface area contributed by atoms with E-state index < -0.39 is 27.9 Å². The molecule has 4 nitrogen and oxygen atoms in total. The molecule has 1 heterocycles. The Kier molecular flexibility index (Phi) is 6.66. The predicted molar refractivity (Wildman–Crippen MR) is 107 cm³/mol. The summed E-state index contributed by atoms with van der Waals surface area (Å²) in [6.07, 6.45) is -4.63. The number of carbonyl (C=O) groups excluding carboxylic acids is 1. The molecule has 1 atom stereocenters. The Bertz CT molecular complexity index is 1000. The molecule has 0 unspecified atom stereocenters. The standard InChI is InChI=1S/C19H12Cl2F3N3OS/c20-14-7-6-12(10-13(14)19(22,23)24)25-18(28)17(11-4-2-1-3-5-11)29-16-9-8-15(21)26-27-16/h1-10,17H,(H,25,28)/t17-/m0/s1. The van der Waals surface area contributed by atoms with E-state index in [4.69, 9.17) is 23.2 Å². The smallest absolute Gasteiger partial charge is 0.325 e. The maximum absolute atomic E-state index is 13.1. The van der Waals surface area contributed by atoms with Gasteiger partial charge in [0.1, 0.15) is 10.3 Å². The lowest BCUT2D eigenvalue weighted by atomic mass is 10.1. The lowest BCUT2D eigenvalue weighted by molar-refractivity contribution is -0.137. The summed E-state index contributed by atoms with van der Waals surface area (Å²) < 4.78 is 39.2. The number of hydrogen-bond donors (Lipinski definition) is 1. The van der Waals surface area contributed by atoms with Crippen molar-refractivity contribution >= 4 is 46.6 Å². The van der Waals surface area contributed by atoms with E-state index >= 15 is 0 Å². The first-order valence-electron chi connectivity index (χ1n) is 8.12. The molecular formula is C19H12Cl2F3N3OS. The average Bonchev–Trinajstić information content (AvgIpc) is 2.68. The minimum atomic E-state index is -4.63. The van der Waals surface area contributed by atoms with Crippen molar-refractivity contribution < 1.29 is 18.0 Å². The lowest BCUT2D eigenvalue weighted by Crippen LogP contribution is -2.19. The number of nitrogens with one attached hydrogen (secondary N) is 1. The summed E-state index contributed by atoms with van der Waals surface area (Å²) in [5.74, 6) is -0.520. The number of hydrogen-bond acceptors (Lipinski definition) is 4. The summed E-state index contributed by atoms with van der Waals surface area (Å²) >= 11 is 12.5. The van der Waals surface area contributed by atoms with Gasteiger partial charge in [0.05, 0.1) is 10.6 Å². The van der Waals surface area contributed by atoms with Crippen LogP contribution in [0.2, 0.25) is 10.2 Å². The van der Waals surface area contributed by atoms with Crippen LogP contribution in [0.1, 0.15) is 16.4 Å². The summed E-state index contributed by atoms with van der Waals surface area (Å²) in [6, 6.07) is 15.1. The molecule has 3 aromatic rings. The van der Waals surface area contributed by atoms with E-state index in [1.165, 1.54) is 12.1 Å². The van der Waals surface area contributed by atoms with E-state index in [9.17, 15) is 18.0 Å². The number of carbonyl (C=O) groups is 1. The zero-order chi connectivity index (χ0) is 21.0. The number of alkyl halides is 3. The molecule has 29 heavy (non-hydrogen) atoms. The Hall–Kier alpha value is -2.29. The quantitative estimate of drug-likeness (QED) is 0.458. The van der Waals surface area contributed by atoms with Crippen LogP contribution in [-0.2, 0) is 11.0 Å². The van der Waals surface area contributed by atoms with Crippen LogP contribution in [0, 0.1) is 0 Å². The van der Waals surface area contributed by atoms with Crippen molar-refractivity contribution in [3.05, 3.63) is 82.0 Å². The van der Waals surface area contributed by atoms with E-state index in [0.29, 0.717) is 10.6 Å². The molecule has 0 saturated carbocycles. The number of amides is 1. The molecule has 0 radical (unpaired) electrons. The first kappa shape index (κ1) is 21.4. The van der Waals surface area contributed by atoms with Gasteiger partial charge in [-0.25, -0.2) is 0 Å². The van der Waals surface area contributed by atoms with Crippen LogP contribution in [0.25, 0.3) is 0 Å². The first-order valence-corrected chi connectivity index (χ1v) is 9.76. The summed E-state index contributed by atoms with van der Waals surface area (Å²) in [6.45, 7) is 0. The number of thioether (sulfide) groups is 1. The highest BCUT2D eigenvalue weighted by Crippen LogP contribution is 2.38. The fourth-order valence-electron chi connectivity index (χ4n) is 2.42. The maximum atomic E-state index is 13.1. The van der Waals surface area contributed by atoms with Gasteiger partial charge in [-0.15, -0.1) is 10.2 Å². The second-order valence-electron chi connectivity index (χ2n) is 5.78. The van der Waals surface area contributed by atoms with Crippen LogP contribution in [0.15, 0.2) is 65.7 Å². The highest BCUT2D eigenvalue weighted by Gasteiger charge is 2.33. The zero-order valence-electron chi connectivity index (χ0n) is 14.5. The Morgan fingerprint density at radius 1 is 1.00 bits per heavy atom. The van der Waals surface area contributed by atoms with E-state index in [1.54, 1.807) is 36.4 Å². The molecule has 1 aromatic heterocycles. The summed E-state index contributed by atoms with van der Waals surface area (Å²) in [5, 5.41) is 9.60. The van der Waals surface area contributed by atoms with E-state index in [1.807, 2.05) is 0 Å². The average molecular weight is 458 g/mol. The molecule has 10 heteroatoms. The summed E-state index contributed by atoms with van der Waals surface area (Å²) in [7, 11) is 0. The molecule has 0 bridgehead atoms. The Morgan fingerprint density at radius 2 is 1.72 bits per heavy atom. The van der Waals surface area contributed by atoms with Crippen LogP contribution in [0.3, 0.4) is 0 Å². The molecule has 0 aliphatic carbocycles. The van der Waals surface area contributed by atoms with Crippen molar-refractivity contribution in [2.45, 2.75) is 16.5 Å². The van der Waals surface area contributed by atoms with Gasteiger partial charge in [0.15, 0.2) is 5.15 Å². The molecule has 0 saturated heterocycles. The Balaban J connectivity index is 1.88. The molecule has 1 amide bonds. The third-order valence-corrected chi connectivity index (χ3v) is 5.44. The van der Waals surface area contributed by atoms with Crippen molar-refractivity contribution in [1.29, 1.82) is 0 Å². The van der Waals surface area contributed by atoms with Crippen LogP contribution in [0.4, 0.5) is 18.9 Å². The van der Waals surface area contributed by atoms with Crippen LogP contribution in [-0.4, -0.2) is 16.1 Å². The molecule has 0 spiro atoms. The minimum Gasteiger partial charge on any atom is -0.325 e. The molecule has 0 fully saturated rings. The minimum absolute atomic E-state index is 0.0181. The van der Waals surface area contributed by atoms with Gasteiger partial charge in [0, 0.05) is 5.69 Å². The van der Waals surface area contributed by atoms with Gasteiger partial charge in [0.2, 0.25) is 5.91 Å². The summed E-state index contributed by atoms with van der Waals surface area (Å²) in [5.41, 5.74) is -0.392. The third kappa shape index (κ3) is 5.62. The normalized spacial score (nSPS) is 12.4. The second kappa shape index (κ2) is 9.02. The predicted octanol–water partition coefficient (Wildman–Crippen LogP) is 6.27. The van der Waals surface area contributed by atoms with Gasteiger partial charge in [-0.3, -0.25) is 4.79 Å². The van der Waals surface area contributed by atoms with Gasteiger partial charge in [-0.05, 0) is 35.9 Å². The van der Waals surface area contributed by atoms with Crippen molar-refractivity contribution in [3.8, 4) is 0 Å². The Labute approximate surface area is 178 Å². The molecule has 1 N–H and O–H groups in total. The molecule has 0 aliphatic rings. The number of halogens is 5. The molecule has 3 rings (SSSR count). The zero-order valence-corrected chi connectivity index (χ0v) is 16.8. The van der Waals surface area contributed by atoms with Crippen molar-refractivity contribution in [3.63, 3.8) is 0 Å². The molecular weight excluding hydrogens is 446 g/mol. The van der Waals surface area contributed by atoms with E-state index in [0.717, 1.165) is 23.9 Å². The number of nitrogens with zero attached hydrogens (tertiary/aromatic N) is 2. The fourth-order valence-corrected chi connectivity index (χ4v) is 3.68. The monoisotopic (exact) mass is 457 g/mol. The van der Waals surface area contributed by atoms with Crippen LogP contribution < -0.4 is 5.32 Å². The second-order valence-corrected chi connectivity index (χ2v) is 7.70. The van der Waals surface area contributed by atoms with Crippen molar-refractivity contribution in [2.24, 2.45) is 0 Å². The van der Waals surface area contributed by atoms with Crippen LogP contribution >= 0.6 is 35.0 Å². The number of anilines is 1. The highest BCUT2D eigenvalue weighted by molar-refractivity contribution is 8.00. The number of aromatic nitrogens is 2. The third-order valence-electron chi connectivity index (χ3n) is 3.73. The fraction of sp³-hybridized carbons (Fsp3) is 0.105. The van der Waals surface area contributed by atoms with Gasteiger partial charge in [-0.1, -0.05) is 65.3 Å². The Morgan fingerprint density at radius 3 is 2.34 bits per heavy atom. The largest absolute Gasteiger partial charge is 0.417 e. The van der Waals surface area contributed by atoms with Gasteiger partial charge in [0.25, 0.3) is 0 Å². The maximum Gasteiger partial charge on any atom is 0.417 e. The SMILES string of the molecule is O=C(Nc1ccc(Cl)c(C(F)(F)F)c1)[C@@H](Sc1ccc(Cl)nn1)c1ccccc1. The van der Waals surface area contributed by atoms with E-state index in [2.05, 4.69) is 15.5 Å². The number of rotatable bonds is 5. The van der Waals surface area contributed by atoms with Gasteiger partial charge >= 0.3 is 6.18 Å². The molecule has 0 aliphatic heterocycles. The van der Waals surface area contributed by atoms with E-state index in [-0.39, 0.29) is 10.8 Å². The van der Waals surface area contributed by atoms with Crippen molar-refractivity contribution in [1.82, 2.24) is 10.2 Å². The molecule has 2 aromatic carbocycles.